The number of nitrogens with zero attached hydrogens (tertiary/aromatic N) is 2. The van der Waals surface area contributed by atoms with Gasteiger partial charge in [-0.2, -0.15) is 5.10 Å². The zero-order chi connectivity index (χ0) is 16.2. The number of nitrogens with one attached hydrogen (secondary N) is 1. The molecule has 1 fully saturated rings. The van der Waals surface area contributed by atoms with Gasteiger partial charge in [0.1, 0.15) is 10.8 Å². The van der Waals surface area contributed by atoms with Gasteiger partial charge in [0.2, 0.25) is 0 Å². The van der Waals surface area contributed by atoms with Crippen LogP contribution < -0.4 is 10.5 Å². The maximum Gasteiger partial charge on any atom is 0.285 e. The average Bonchev–Trinajstić information content (AvgIpc) is 2.57. The second-order valence-electron chi connectivity index (χ2n) is 5.51. The van der Waals surface area contributed by atoms with E-state index >= 15 is 0 Å². The van der Waals surface area contributed by atoms with Gasteiger partial charge < -0.3 is 9.64 Å². The topological polar surface area (TPSA) is 58.2 Å². The summed E-state index contributed by atoms with van der Waals surface area (Å²) >= 11 is 6.05. The molecule has 1 atom stereocenters. The highest BCUT2D eigenvalue weighted by atomic mass is 35.5. The third-order valence-electron chi connectivity index (χ3n) is 3.93. The first-order valence-corrected chi connectivity index (χ1v) is 7.86. The lowest BCUT2D eigenvalue weighted by Crippen LogP contribution is -2.40. The van der Waals surface area contributed by atoms with E-state index in [4.69, 9.17) is 16.3 Å². The first-order chi connectivity index (χ1) is 11.1. The van der Waals surface area contributed by atoms with E-state index in [2.05, 4.69) is 10.2 Å². The smallest absolute Gasteiger partial charge is 0.285 e. The number of ether oxygens (including phenoxy) is 1. The molecule has 3 rings (SSSR count). The molecule has 0 radical (unpaired) electrons. The first-order valence-electron chi connectivity index (χ1n) is 7.48. The summed E-state index contributed by atoms with van der Waals surface area (Å²) in [7, 11) is 0. The molecule has 0 amide bonds. The molecule has 5 nitrogen and oxygen atoms in total. The quantitative estimate of drug-likeness (QED) is 0.932. The Hall–Kier alpha value is -1.92. The van der Waals surface area contributed by atoms with Crippen LogP contribution in [0.25, 0.3) is 0 Å². The number of H-pyrrole nitrogens is 1. The Morgan fingerprint density at radius 2 is 2.26 bits per heavy atom. The van der Waals surface area contributed by atoms with Gasteiger partial charge in [0.25, 0.3) is 5.56 Å². The Morgan fingerprint density at radius 3 is 3.09 bits per heavy atom. The molecule has 1 aliphatic heterocycles. The van der Waals surface area contributed by atoms with E-state index in [1.807, 2.05) is 4.90 Å². The molecule has 1 aromatic carbocycles. The van der Waals surface area contributed by atoms with Crippen LogP contribution in [-0.2, 0) is 11.3 Å². The fraction of sp³-hybridized carbons (Fsp3) is 0.375. The largest absolute Gasteiger partial charge is 0.372 e. The predicted octanol–water partition coefficient (Wildman–Crippen LogP) is 2.75. The number of aromatic nitrogens is 2. The van der Waals surface area contributed by atoms with Crippen molar-refractivity contribution in [3.05, 3.63) is 57.2 Å². The number of rotatable bonds is 4. The molecule has 122 valence electrons. The van der Waals surface area contributed by atoms with Crippen LogP contribution in [0.2, 0.25) is 5.02 Å². The van der Waals surface area contributed by atoms with E-state index in [1.165, 1.54) is 6.07 Å². The molecular formula is C16H17ClFN3O2. The zero-order valence-electron chi connectivity index (χ0n) is 12.5. The van der Waals surface area contributed by atoms with Crippen molar-refractivity contribution in [3.63, 3.8) is 0 Å². The fourth-order valence-electron chi connectivity index (χ4n) is 2.71. The Bertz CT molecular complexity index is 737. The van der Waals surface area contributed by atoms with Crippen LogP contribution in [0.1, 0.15) is 18.4 Å². The van der Waals surface area contributed by atoms with Gasteiger partial charge in [0, 0.05) is 18.7 Å². The van der Waals surface area contributed by atoms with Gasteiger partial charge in [0.15, 0.2) is 0 Å². The van der Waals surface area contributed by atoms with Crippen molar-refractivity contribution in [2.45, 2.75) is 25.6 Å². The Balaban J connectivity index is 1.66. The molecule has 0 aliphatic carbocycles. The van der Waals surface area contributed by atoms with Gasteiger partial charge in [-0.1, -0.05) is 29.8 Å². The lowest BCUT2D eigenvalue weighted by molar-refractivity contribution is 0.0301. The minimum atomic E-state index is -0.404. The summed E-state index contributed by atoms with van der Waals surface area (Å²) in [6, 6.07) is 6.58. The van der Waals surface area contributed by atoms with E-state index < -0.39 is 5.56 Å². The summed E-state index contributed by atoms with van der Waals surface area (Å²) in [5.74, 6) is -0.262. The third-order valence-corrected chi connectivity index (χ3v) is 4.29. The highest BCUT2D eigenvalue weighted by molar-refractivity contribution is 6.32. The van der Waals surface area contributed by atoms with Crippen LogP contribution in [0.15, 0.2) is 35.3 Å². The first kappa shape index (κ1) is 16.0. The maximum absolute atomic E-state index is 13.6. The minimum Gasteiger partial charge on any atom is -0.372 e. The van der Waals surface area contributed by atoms with Crippen LogP contribution in [0.5, 0.6) is 0 Å². The molecule has 2 heterocycles. The van der Waals surface area contributed by atoms with Crippen molar-refractivity contribution >= 4 is 17.3 Å². The molecule has 0 spiro atoms. The molecule has 23 heavy (non-hydrogen) atoms. The molecule has 1 aromatic heterocycles. The average molecular weight is 338 g/mol. The third kappa shape index (κ3) is 3.71. The summed E-state index contributed by atoms with van der Waals surface area (Å²) in [4.78, 5) is 13.5. The standard InChI is InChI=1S/C16H17ClFN3O2/c17-15-14(8-19-20-16(15)22)21-7-3-5-12(9-21)23-10-11-4-1-2-6-13(11)18/h1-2,4,6,8,12H,3,5,7,9-10H2,(H,20,22)/t12-/m0/s1. The van der Waals surface area contributed by atoms with Crippen molar-refractivity contribution in [1.82, 2.24) is 10.2 Å². The van der Waals surface area contributed by atoms with Crippen molar-refractivity contribution in [1.29, 1.82) is 0 Å². The summed E-state index contributed by atoms with van der Waals surface area (Å²) in [5, 5.41) is 6.24. The SMILES string of the molecule is O=c1[nH]ncc(N2CCC[C@H](OCc3ccccc3F)C2)c1Cl. The number of aromatic amines is 1. The molecule has 1 N–H and O–H groups in total. The zero-order valence-corrected chi connectivity index (χ0v) is 13.2. The van der Waals surface area contributed by atoms with Crippen molar-refractivity contribution in [3.8, 4) is 0 Å². The van der Waals surface area contributed by atoms with Crippen LogP contribution in [0.3, 0.4) is 0 Å². The van der Waals surface area contributed by atoms with Gasteiger partial charge in [-0.3, -0.25) is 4.79 Å². The fourth-order valence-corrected chi connectivity index (χ4v) is 2.92. The van der Waals surface area contributed by atoms with Gasteiger partial charge in [-0.05, 0) is 18.9 Å². The van der Waals surface area contributed by atoms with Crippen LogP contribution in [0.4, 0.5) is 10.1 Å². The normalized spacial score (nSPS) is 18.2. The molecule has 7 heteroatoms. The van der Waals surface area contributed by atoms with E-state index in [0.717, 1.165) is 19.4 Å². The van der Waals surface area contributed by atoms with E-state index in [-0.39, 0.29) is 23.6 Å². The van der Waals surface area contributed by atoms with Crippen molar-refractivity contribution in [2.24, 2.45) is 0 Å². The molecular weight excluding hydrogens is 321 g/mol. The second-order valence-corrected chi connectivity index (χ2v) is 5.89. The Morgan fingerprint density at radius 1 is 1.43 bits per heavy atom. The molecule has 1 saturated heterocycles. The minimum absolute atomic E-state index is 0.0429. The number of halogens is 2. The predicted molar refractivity (Wildman–Crippen MR) is 86.3 cm³/mol. The molecule has 2 aromatic rings. The number of anilines is 1. The maximum atomic E-state index is 13.6. The lowest BCUT2D eigenvalue weighted by atomic mass is 10.1. The van der Waals surface area contributed by atoms with E-state index in [0.29, 0.717) is 17.8 Å². The number of benzene rings is 1. The summed E-state index contributed by atoms with van der Waals surface area (Å²) in [6.45, 7) is 1.61. The Labute approximate surface area is 138 Å². The van der Waals surface area contributed by atoms with Crippen LogP contribution in [-0.4, -0.2) is 29.4 Å². The number of piperidine rings is 1. The number of hydrogen-bond acceptors (Lipinski definition) is 4. The summed E-state index contributed by atoms with van der Waals surface area (Å²) in [5.41, 5.74) is 0.744. The van der Waals surface area contributed by atoms with E-state index in [9.17, 15) is 9.18 Å². The van der Waals surface area contributed by atoms with Gasteiger partial charge in [-0.25, -0.2) is 9.49 Å². The van der Waals surface area contributed by atoms with Gasteiger partial charge >= 0.3 is 0 Å². The van der Waals surface area contributed by atoms with Crippen molar-refractivity contribution in [2.75, 3.05) is 18.0 Å². The van der Waals surface area contributed by atoms with Crippen LogP contribution in [0, 0.1) is 5.82 Å². The van der Waals surface area contributed by atoms with Gasteiger partial charge in [0.05, 0.1) is 24.6 Å². The summed E-state index contributed by atoms with van der Waals surface area (Å²) in [6.07, 6.45) is 3.30. The highest BCUT2D eigenvalue weighted by Gasteiger charge is 2.23. The number of hydrogen-bond donors (Lipinski definition) is 1. The van der Waals surface area contributed by atoms with Crippen LogP contribution >= 0.6 is 11.6 Å². The second kappa shape index (κ2) is 7.10. The molecule has 1 aliphatic rings. The Kier molecular flexibility index (Phi) is 4.93. The highest BCUT2D eigenvalue weighted by Crippen LogP contribution is 2.25. The van der Waals surface area contributed by atoms with Gasteiger partial charge in [-0.15, -0.1) is 0 Å². The molecule has 0 unspecified atom stereocenters. The lowest BCUT2D eigenvalue weighted by Gasteiger charge is -2.34. The molecule has 0 bridgehead atoms. The summed E-state index contributed by atoms with van der Waals surface area (Å²) < 4.78 is 19.5. The van der Waals surface area contributed by atoms with Crippen molar-refractivity contribution < 1.29 is 9.13 Å². The monoisotopic (exact) mass is 337 g/mol. The molecule has 0 saturated carbocycles. The van der Waals surface area contributed by atoms with E-state index in [1.54, 1.807) is 24.4 Å².